The molecule has 0 unspecified atom stereocenters. The van der Waals surface area contributed by atoms with Gasteiger partial charge in [0.25, 0.3) is 5.91 Å². The van der Waals surface area contributed by atoms with Crippen molar-refractivity contribution in [2.45, 2.75) is 19.9 Å². The average molecular weight is 378 g/mol. The maximum absolute atomic E-state index is 13.4. The van der Waals surface area contributed by atoms with Gasteiger partial charge in [0, 0.05) is 48.8 Å². The Hall–Kier alpha value is -3.41. The van der Waals surface area contributed by atoms with E-state index in [1.165, 1.54) is 25.1 Å². The lowest BCUT2D eigenvalue weighted by molar-refractivity contribution is -0.114. The van der Waals surface area contributed by atoms with Gasteiger partial charge in [0.1, 0.15) is 17.3 Å². The Morgan fingerprint density at radius 2 is 1.93 bits per heavy atom. The lowest BCUT2D eigenvalue weighted by atomic mass is 10.1. The molecule has 1 aliphatic heterocycles. The smallest absolute Gasteiger partial charge is 0.254 e. The maximum atomic E-state index is 13.4. The fourth-order valence-electron chi connectivity index (χ4n) is 3.41. The Morgan fingerprint density at radius 3 is 2.71 bits per heavy atom. The first-order chi connectivity index (χ1) is 13.5. The van der Waals surface area contributed by atoms with Crippen LogP contribution in [-0.2, 0) is 17.8 Å². The summed E-state index contributed by atoms with van der Waals surface area (Å²) in [7, 11) is 0. The van der Waals surface area contributed by atoms with Crippen LogP contribution in [0.3, 0.4) is 0 Å². The van der Waals surface area contributed by atoms with Crippen molar-refractivity contribution in [2.24, 2.45) is 0 Å². The molecule has 0 spiro atoms. The first kappa shape index (κ1) is 18.0. The van der Waals surface area contributed by atoms with Crippen molar-refractivity contribution in [3.8, 4) is 11.3 Å². The second kappa shape index (κ2) is 7.31. The number of benzene rings is 2. The zero-order valence-electron chi connectivity index (χ0n) is 15.4. The van der Waals surface area contributed by atoms with Crippen LogP contribution in [0.4, 0.5) is 10.1 Å². The van der Waals surface area contributed by atoms with Gasteiger partial charge < -0.3 is 14.6 Å². The molecule has 0 atom stereocenters. The second-order valence-electron chi connectivity index (χ2n) is 6.81. The number of hydrogen-bond donors (Lipinski definition) is 1. The minimum Gasteiger partial charge on any atom is -0.461 e. The van der Waals surface area contributed by atoms with E-state index in [4.69, 9.17) is 4.42 Å². The summed E-state index contributed by atoms with van der Waals surface area (Å²) in [5.41, 5.74) is 2.83. The number of carbonyl (C=O) groups excluding carboxylic acids is 2. The minimum atomic E-state index is -0.423. The summed E-state index contributed by atoms with van der Waals surface area (Å²) in [6.45, 7) is 2.39. The standard InChI is InChI=1S/C22H19FN2O3/c1-14(26)24-19-7-3-4-15(11-19)21-12-17-13-25(9-8-20(17)28-21)22(27)16-5-2-6-18(23)10-16/h2-7,10-12H,8-9,13H2,1H3,(H,24,26). The van der Waals surface area contributed by atoms with E-state index >= 15 is 0 Å². The van der Waals surface area contributed by atoms with E-state index in [2.05, 4.69) is 5.32 Å². The topological polar surface area (TPSA) is 62.6 Å². The number of rotatable bonds is 3. The molecule has 0 saturated heterocycles. The van der Waals surface area contributed by atoms with Gasteiger partial charge in [0.05, 0.1) is 0 Å². The molecule has 2 heterocycles. The van der Waals surface area contributed by atoms with Gasteiger partial charge in [-0.1, -0.05) is 18.2 Å². The van der Waals surface area contributed by atoms with Gasteiger partial charge in [-0.3, -0.25) is 9.59 Å². The van der Waals surface area contributed by atoms with Crippen LogP contribution >= 0.6 is 0 Å². The van der Waals surface area contributed by atoms with Crippen molar-refractivity contribution in [3.63, 3.8) is 0 Å². The first-order valence-corrected chi connectivity index (χ1v) is 9.04. The Balaban J connectivity index is 1.55. The monoisotopic (exact) mass is 378 g/mol. The third-order valence-electron chi connectivity index (χ3n) is 4.69. The number of nitrogens with one attached hydrogen (secondary N) is 1. The highest BCUT2D eigenvalue weighted by Crippen LogP contribution is 2.31. The summed E-state index contributed by atoms with van der Waals surface area (Å²) in [6.07, 6.45) is 0.599. The van der Waals surface area contributed by atoms with Crippen molar-refractivity contribution >= 4 is 17.5 Å². The molecule has 2 amide bonds. The molecule has 6 heteroatoms. The maximum Gasteiger partial charge on any atom is 0.254 e. The number of fused-ring (bicyclic) bond motifs is 1. The van der Waals surface area contributed by atoms with Crippen molar-refractivity contribution in [2.75, 3.05) is 11.9 Å². The van der Waals surface area contributed by atoms with Gasteiger partial charge >= 0.3 is 0 Å². The fraction of sp³-hybridized carbons (Fsp3) is 0.182. The molecule has 0 bridgehead atoms. The first-order valence-electron chi connectivity index (χ1n) is 9.04. The molecule has 1 N–H and O–H groups in total. The number of carbonyl (C=O) groups is 2. The minimum absolute atomic E-state index is 0.137. The molecule has 0 saturated carbocycles. The Morgan fingerprint density at radius 1 is 1.11 bits per heavy atom. The van der Waals surface area contributed by atoms with Gasteiger partial charge in [-0.15, -0.1) is 0 Å². The summed E-state index contributed by atoms with van der Waals surface area (Å²) in [6, 6.07) is 15.1. The quantitative estimate of drug-likeness (QED) is 0.741. The second-order valence-corrected chi connectivity index (χ2v) is 6.81. The molecule has 0 radical (unpaired) electrons. The third-order valence-corrected chi connectivity index (χ3v) is 4.69. The number of hydrogen-bond acceptors (Lipinski definition) is 3. The molecule has 4 rings (SSSR count). The molecule has 0 fully saturated rings. The SMILES string of the molecule is CC(=O)Nc1cccc(-c2cc3c(o2)CCN(C(=O)c2cccc(F)c2)C3)c1. The van der Waals surface area contributed by atoms with Crippen LogP contribution in [0.15, 0.2) is 59.0 Å². The van der Waals surface area contributed by atoms with E-state index in [-0.39, 0.29) is 11.8 Å². The van der Waals surface area contributed by atoms with E-state index in [9.17, 15) is 14.0 Å². The molecule has 142 valence electrons. The zero-order chi connectivity index (χ0) is 19.7. The lowest BCUT2D eigenvalue weighted by Gasteiger charge is -2.26. The number of amides is 2. The van der Waals surface area contributed by atoms with E-state index in [0.717, 1.165) is 16.9 Å². The number of halogens is 1. The van der Waals surface area contributed by atoms with Crippen molar-refractivity contribution in [1.82, 2.24) is 4.90 Å². The van der Waals surface area contributed by atoms with Crippen LogP contribution in [0.1, 0.15) is 28.6 Å². The van der Waals surface area contributed by atoms with Crippen molar-refractivity contribution < 1.29 is 18.4 Å². The van der Waals surface area contributed by atoms with Crippen LogP contribution in [0, 0.1) is 5.82 Å². The Labute approximate surface area is 161 Å². The molecule has 2 aromatic carbocycles. The van der Waals surface area contributed by atoms with Crippen molar-refractivity contribution in [1.29, 1.82) is 0 Å². The third kappa shape index (κ3) is 3.67. The van der Waals surface area contributed by atoms with Crippen LogP contribution in [0.25, 0.3) is 11.3 Å². The van der Waals surface area contributed by atoms with Crippen LogP contribution in [0.2, 0.25) is 0 Å². The van der Waals surface area contributed by atoms with Gasteiger partial charge in [-0.25, -0.2) is 4.39 Å². The van der Waals surface area contributed by atoms with E-state index < -0.39 is 5.82 Å². The lowest BCUT2D eigenvalue weighted by Crippen LogP contribution is -2.35. The summed E-state index contributed by atoms with van der Waals surface area (Å²) in [5.74, 6) is 0.789. The number of anilines is 1. The Kier molecular flexibility index (Phi) is 4.69. The van der Waals surface area contributed by atoms with Crippen LogP contribution in [0.5, 0.6) is 0 Å². The van der Waals surface area contributed by atoms with Crippen molar-refractivity contribution in [3.05, 3.63) is 77.3 Å². The zero-order valence-corrected chi connectivity index (χ0v) is 15.4. The van der Waals surface area contributed by atoms with Gasteiger partial charge in [-0.2, -0.15) is 0 Å². The molecule has 1 aliphatic rings. The molecular weight excluding hydrogens is 359 g/mol. The molecule has 1 aromatic heterocycles. The van der Waals surface area contributed by atoms with E-state index in [1.54, 1.807) is 11.0 Å². The summed E-state index contributed by atoms with van der Waals surface area (Å²) >= 11 is 0. The highest BCUT2D eigenvalue weighted by atomic mass is 19.1. The predicted molar refractivity (Wildman–Crippen MR) is 103 cm³/mol. The highest BCUT2D eigenvalue weighted by Gasteiger charge is 2.25. The molecular formula is C22H19FN2O3. The van der Waals surface area contributed by atoms with Gasteiger partial charge in [0.15, 0.2) is 0 Å². The molecule has 3 aromatic rings. The molecule has 0 aliphatic carbocycles. The van der Waals surface area contributed by atoms with Gasteiger partial charge in [0.2, 0.25) is 5.91 Å². The Bertz CT molecular complexity index is 1060. The van der Waals surface area contributed by atoms with E-state index in [1.807, 2.05) is 30.3 Å². The summed E-state index contributed by atoms with van der Waals surface area (Å²) < 4.78 is 19.4. The normalized spacial score (nSPS) is 13.1. The molecule has 28 heavy (non-hydrogen) atoms. The van der Waals surface area contributed by atoms with Crippen LogP contribution in [-0.4, -0.2) is 23.3 Å². The van der Waals surface area contributed by atoms with Gasteiger partial charge in [-0.05, 0) is 36.4 Å². The average Bonchev–Trinajstić information content (AvgIpc) is 3.10. The largest absolute Gasteiger partial charge is 0.461 e. The number of nitrogens with zero attached hydrogens (tertiary/aromatic N) is 1. The predicted octanol–water partition coefficient (Wildman–Crippen LogP) is 4.24. The fourth-order valence-corrected chi connectivity index (χ4v) is 3.41. The molecule has 5 nitrogen and oxygen atoms in total. The summed E-state index contributed by atoms with van der Waals surface area (Å²) in [4.78, 5) is 25.6. The van der Waals surface area contributed by atoms with E-state index in [0.29, 0.717) is 36.5 Å². The summed E-state index contributed by atoms with van der Waals surface area (Å²) in [5, 5.41) is 2.76. The van der Waals surface area contributed by atoms with Crippen LogP contribution < -0.4 is 5.32 Å². The highest BCUT2D eigenvalue weighted by molar-refractivity contribution is 5.94. The number of furan rings is 1.